The molecule has 0 N–H and O–H groups in total. The molecule has 1 aliphatic rings. The van der Waals surface area contributed by atoms with Crippen molar-refractivity contribution in [2.75, 3.05) is 13.7 Å². The fourth-order valence-corrected chi connectivity index (χ4v) is 2.24. The summed E-state index contributed by atoms with van der Waals surface area (Å²) in [6.45, 7) is 2.03. The highest BCUT2D eigenvalue weighted by Crippen LogP contribution is 2.20. The van der Waals surface area contributed by atoms with Gasteiger partial charge in [-0.05, 0) is 30.5 Å². The van der Waals surface area contributed by atoms with Crippen molar-refractivity contribution in [1.29, 1.82) is 0 Å². The van der Waals surface area contributed by atoms with Gasteiger partial charge in [0.2, 0.25) is 0 Å². The Morgan fingerprint density at radius 1 is 1.56 bits per heavy atom. The van der Waals surface area contributed by atoms with Crippen LogP contribution >= 0.6 is 0 Å². The molecule has 84 valence electrons. The molecule has 1 aliphatic heterocycles. The zero-order chi connectivity index (χ0) is 11.4. The Balaban J connectivity index is 2.06. The van der Waals surface area contributed by atoms with Crippen LogP contribution in [0.4, 0.5) is 0 Å². The van der Waals surface area contributed by atoms with Crippen LogP contribution in [0.1, 0.15) is 24.0 Å². The maximum absolute atomic E-state index is 5.44. The molecule has 1 aromatic rings. The molecule has 2 rings (SSSR count). The Hall–Kier alpha value is -1.30. The summed E-state index contributed by atoms with van der Waals surface area (Å²) in [5.74, 6) is 2.67. The summed E-state index contributed by atoms with van der Waals surface area (Å²) in [5, 5.41) is 0. The molecular weight excluding hydrogens is 198 g/mol. The zero-order valence-corrected chi connectivity index (χ0v) is 9.65. The van der Waals surface area contributed by atoms with E-state index in [0.29, 0.717) is 0 Å². The Morgan fingerprint density at radius 2 is 2.44 bits per heavy atom. The number of methoxy groups -OCH3 is 1. The highest BCUT2D eigenvalue weighted by molar-refractivity contribution is 5.35. The predicted octanol–water partition coefficient (Wildman–Crippen LogP) is 2.24. The number of nitrogens with zero attached hydrogens (tertiary/aromatic N) is 1. The maximum Gasteiger partial charge on any atom is 0.110 e. The van der Waals surface area contributed by atoms with E-state index in [1.54, 1.807) is 7.11 Å². The van der Waals surface area contributed by atoms with Crippen molar-refractivity contribution < 1.29 is 4.74 Å². The molecule has 1 atom stereocenters. The number of likely N-dealkylation sites (tertiary alicyclic amines) is 1. The molecule has 1 fully saturated rings. The number of benzene rings is 1. The van der Waals surface area contributed by atoms with Gasteiger partial charge in [0.15, 0.2) is 0 Å². The van der Waals surface area contributed by atoms with Crippen molar-refractivity contribution >= 4 is 0 Å². The van der Waals surface area contributed by atoms with Crippen molar-refractivity contribution in [3.8, 4) is 12.3 Å². The second-order valence-electron chi connectivity index (χ2n) is 4.15. The minimum absolute atomic E-state index is 0.273. The number of hydrogen-bond donors (Lipinski definition) is 0. The summed E-state index contributed by atoms with van der Waals surface area (Å²) in [5.41, 5.74) is 2.21. The first-order valence-corrected chi connectivity index (χ1v) is 5.66. The van der Waals surface area contributed by atoms with E-state index in [1.165, 1.54) is 12.0 Å². The second-order valence-corrected chi connectivity index (χ2v) is 4.15. The highest BCUT2D eigenvalue weighted by atomic mass is 16.5. The van der Waals surface area contributed by atoms with Crippen molar-refractivity contribution in [2.45, 2.75) is 25.6 Å². The third-order valence-corrected chi connectivity index (χ3v) is 3.06. The molecule has 1 saturated heterocycles. The van der Waals surface area contributed by atoms with Crippen LogP contribution in [0.25, 0.3) is 0 Å². The molecule has 0 amide bonds. The van der Waals surface area contributed by atoms with Crippen molar-refractivity contribution in [2.24, 2.45) is 0 Å². The lowest BCUT2D eigenvalue weighted by molar-refractivity contribution is -0.00815. The molecule has 0 aliphatic carbocycles. The van der Waals surface area contributed by atoms with E-state index in [-0.39, 0.29) is 6.23 Å². The summed E-state index contributed by atoms with van der Waals surface area (Å²) in [4.78, 5) is 2.36. The van der Waals surface area contributed by atoms with Gasteiger partial charge in [0.25, 0.3) is 0 Å². The van der Waals surface area contributed by atoms with E-state index in [0.717, 1.165) is 25.1 Å². The lowest BCUT2D eigenvalue weighted by atomic mass is 10.1. The summed E-state index contributed by atoms with van der Waals surface area (Å²) >= 11 is 0. The first-order chi connectivity index (χ1) is 7.83. The topological polar surface area (TPSA) is 12.5 Å². The summed E-state index contributed by atoms with van der Waals surface area (Å²) in [6.07, 6.45) is 8.01. The third kappa shape index (κ3) is 2.44. The molecule has 1 unspecified atom stereocenters. The van der Waals surface area contributed by atoms with Crippen LogP contribution < -0.4 is 0 Å². The summed E-state index contributed by atoms with van der Waals surface area (Å²) in [7, 11) is 1.78. The predicted molar refractivity (Wildman–Crippen MR) is 64.8 cm³/mol. The summed E-state index contributed by atoms with van der Waals surface area (Å²) < 4.78 is 5.44. The van der Waals surface area contributed by atoms with E-state index in [4.69, 9.17) is 11.2 Å². The van der Waals surface area contributed by atoms with Gasteiger partial charge in [-0.1, -0.05) is 18.1 Å². The molecule has 0 spiro atoms. The van der Waals surface area contributed by atoms with Gasteiger partial charge in [-0.3, -0.25) is 4.90 Å². The Kier molecular flexibility index (Phi) is 3.61. The molecule has 2 heteroatoms. The number of ether oxygens (including phenoxy) is 1. The Bertz CT molecular complexity index is 394. The number of rotatable bonds is 3. The average molecular weight is 215 g/mol. The van der Waals surface area contributed by atoms with Gasteiger partial charge in [-0.2, -0.15) is 0 Å². The largest absolute Gasteiger partial charge is 0.366 e. The molecule has 0 radical (unpaired) electrons. The van der Waals surface area contributed by atoms with Crippen LogP contribution in [-0.2, 0) is 11.3 Å². The monoisotopic (exact) mass is 215 g/mol. The van der Waals surface area contributed by atoms with E-state index in [9.17, 15) is 0 Å². The molecule has 1 heterocycles. The first kappa shape index (κ1) is 11.2. The number of terminal acetylenes is 1. The minimum atomic E-state index is 0.273. The fraction of sp³-hybridized carbons (Fsp3) is 0.429. The third-order valence-electron chi connectivity index (χ3n) is 3.06. The van der Waals surface area contributed by atoms with Crippen LogP contribution in [-0.4, -0.2) is 24.8 Å². The molecular formula is C14H17NO. The second kappa shape index (κ2) is 5.16. The van der Waals surface area contributed by atoms with Crippen LogP contribution in [0.3, 0.4) is 0 Å². The highest BCUT2D eigenvalue weighted by Gasteiger charge is 2.23. The molecule has 0 saturated carbocycles. The van der Waals surface area contributed by atoms with Gasteiger partial charge in [0.1, 0.15) is 6.23 Å². The van der Waals surface area contributed by atoms with Crippen molar-refractivity contribution in [3.05, 3.63) is 35.4 Å². The van der Waals surface area contributed by atoms with Crippen molar-refractivity contribution in [3.63, 3.8) is 0 Å². The quantitative estimate of drug-likeness (QED) is 0.717. The van der Waals surface area contributed by atoms with E-state index in [2.05, 4.69) is 23.0 Å². The van der Waals surface area contributed by atoms with E-state index < -0.39 is 0 Å². The molecule has 0 bridgehead atoms. The van der Waals surface area contributed by atoms with Crippen LogP contribution in [0.15, 0.2) is 24.3 Å². The van der Waals surface area contributed by atoms with Gasteiger partial charge >= 0.3 is 0 Å². The van der Waals surface area contributed by atoms with Gasteiger partial charge in [-0.25, -0.2) is 0 Å². The van der Waals surface area contributed by atoms with Crippen molar-refractivity contribution in [1.82, 2.24) is 4.90 Å². The standard InChI is InChI=1S/C14H17NO/c1-3-12-6-4-7-13(10-12)11-15-9-5-8-14(15)16-2/h1,4,6-7,10,14H,5,8-9,11H2,2H3. The zero-order valence-electron chi connectivity index (χ0n) is 9.65. The maximum atomic E-state index is 5.44. The van der Waals surface area contributed by atoms with Gasteiger partial charge < -0.3 is 4.74 Å². The van der Waals surface area contributed by atoms with E-state index in [1.807, 2.05) is 12.1 Å². The van der Waals surface area contributed by atoms with Crippen LogP contribution in [0.2, 0.25) is 0 Å². The lowest BCUT2D eigenvalue weighted by Gasteiger charge is -2.22. The average Bonchev–Trinajstić information content (AvgIpc) is 2.76. The Morgan fingerprint density at radius 3 is 3.19 bits per heavy atom. The normalized spacial score (nSPS) is 20.9. The van der Waals surface area contributed by atoms with E-state index >= 15 is 0 Å². The van der Waals surface area contributed by atoms with Crippen LogP contribution in [0, 0.1) is 12.3 Å². The smallest absolute Gasteiger partial charge is 0.110 e. The molecule has 16 heavy (non-hydrogen) atoms. The van der Waals surface area contributed by atoms with Crippen LogP contribution in [0.5, 0.6) is 0 Å². The lowest BCUT2D eigenvalue weighted by Crippen LogP contribution is -2.30. The SMILES string of the molecule is C#Cc1cccc(CN2CCCC2OC)c1. The van der Waals surface area contributed by atoms with Gasteiger partial charge in [-0.15, -0.1) is 6.42 Å². The van der Waals surface area contributed by atoms with Gasteiger partial charge in [0, 0.05) is 25.8 Å². The first-order valence-electron chi connectivity index (χ1n) is 5.66. The summed E-state index contributed by atoms with van der Waals surface area (Å²) in [6, 6.07) is 8.17. The number of hydrogen-bond acceptors (Lipinski definition) is 2. The molecule has 2 nitrogen and oxygen atoms in total. The van der Waals surface area contributed by atoms with Gasteiger partial charge in [0.05, 0.1) is 0 Å². The molecule has 1 aromatic carbocycles. The Labute approximate surface area is 97.2 Å². The molecule has 0 aromatic heterocycles. The minimum Gasteiger partial charge on any atom is -0.366 e. The fourth-order valence-electron chi connectivity index (χ4n) is 2.24.